The summed E-state index contributed by atoms with van der Waals surface area (Å²) in [4.78, 5) is 0. The first-order valence-corrected chi connectivity index (χ1v) is 5.09. The number of rotatable bonds is 4. The zero-order valence-corrected chi connectivity index (χ0v) is 9.54. The summed E-state index contributed by atoms with van der Waals surface area (Å²) in [5.74, 6) is 1.35. The molecule has 0 fully saturated rings. The van der Waals surface area contributed by atoms with Crippen molar-refractivity contribution in [3.63, 3.8) is 0 Å². The van der Waals surface area contributed by atoms with Crippen LogP contribution in [0.4, 0.5) is 0 Å². The van der Waals surface area contributed by atoms with Crippen LogP contribution in [0.15, 0.2) is 36.0 Å². The summed E-state index contributed by atoms with van der Waals surface area (Å²) in [6.45, 7) is 10.9. The molecule has 0 heteroatoms. The van der Waals surface area contributed by atoms with Crippen LogP contribution in [0.3, 0.4) is 0 Å². The van der Waals surface area contributed by atoms with Crippen LogP contribution in [-0.2, 0) is 0 Å². The Labute approximate surface area is 83.0 Å². The third-order valence-corrected chi connectivity index (χ3v) is 2.45. The molecule has 0 aromatic carbocycles. The molecule has 0 heterocycles. The van der Waals surface area contributed by atoms with Gasteiger partial charge in [-0.3, -0.25) is 0 Å². The fourth-order valence-corrected chi connectivity index (χ4v) is 1.17. The van der Waals surface area contributed by atoms with Gasteiger partial charge in [-0.05, 0) is 31.3 Å². The van der Waals surface area contributed by atoms with E-state index in [1.54, 1.807) is 0 Å². The molecule has 0 saturated carbocycles. The molecule has 0 N–H and O–H groups in total. The maximum absolute atomic E-state index is 2.28. The van der Waals surface area contributed by atoms with Crippen molar-refractivity contribution in [1.29, 1.82) is 0 Å². The first kappa shape index (κ1) is 12.2. The molecule has 0 aliphatic heterocycles. The van der Waals surface area contributed by atoms with Crippen LogP contribution in [-0.4, -0.2) is 0 Å². The first-order chi connectivity index (χ1) is 6.13. The maximum atomic E-state index is 2.28. The van der Waals surface area contributed by atoms with Crippen LogP contribution >= 0.6 is 0 Å². The average Bonchev–Trinajstić information content (AvgIpc) is 2.11. The Hall–Kier alpha value is -0.780. The van der Waals surface area contributed by atoms with Crippen LogP contribution in [0.25, 0.3) is 0 Å². The van der Waals surface area contributed by atoms with Gasteiger partial charge in [0.2, 0.25) is 0 Å². The van der Waals surface area contributed by atoms with Gasteiger partial charge in [-0.2, -0.15) is 0 Å². The Kier molecular flexibility index (Phi) is 6.30. The fourth-order valence-electron chi connectivity index (χ4n) is 1.17. The third kappa shape index (κ3) is 4.72. The Morgan fingerprint density at radius 2 is 1.62 bits per heavy atom. The van der Waals surface area contributed by atoms with Gasteiger partial charge >= 0.3 is 0 Å². The Balaban J connectivity index is 4.36. The van der Waals surface area contributed by atoms with E-state index in [-0.39, 0.29) is 0 Å². The number of allylic oxidation sites excluding steroid dienone is 6. The standard InChI is InChI=1S/C13H22/c1-6-8-9-10-13(7-2)12(5)11(3)4/h6-12H,1-5H3/b8-6-,10-9-,13-7+. The van der Waals surface area contributed by atoms with E-state index < -0.39 is 0 Å². The zero-order valence-electron chi connectivity index (χ0n) is 9.54. The van der Waals surface area contributed by atoms with Gasteiger partial charge < -0.3 is 0 Å². The van der Waals surface area contributed by atoms with Crippen molar-refractivity contribution in [3.8, 4) is 0 Å². The van der Waals surface area contributed by atoms with Crippen molar-refractivity contribution in [2.45, 2.75) is 34.6 Å². The van der Waals surface area contributed by atoms with E-state index in [1.807, 2.05) is 13.0 Å². The largest absolute Gasteiger partial charge is 0.0877 e. The summed E-state index contributed by atoms with van der Waals surface area (Å²) >= 11 is 0. The maximum Gasteiger partial charge on any atom is -0.0171 e. The summed E-state index contributed by atoms with van der Waals surface area (Å²) in [5, 5.41) is 0. The van der Waals surface area contributed by atoms with Gasteiger partial charge in [0.15, 0.2) is 0 Å². The van der Waals surface area contributed by atoms with E-state index in [2.05, 4.69) is 52.0 Å². The molecule has 0 aromatic heterocycles. The second-order valence-electron chi connectivity index (χ2n) is 3.71. The highest BCUT2D eigenvalue weighted by atomic mass is 14.1. The van der Waals surface area contributed by atoms with Gasteiger partial charge in [0.05, 0.1) is 0 Å². The molecule has 0 radical (unpaired) electrons. The fraction of sp³-hybridized carbons (Fsp3) is 0.538. The predicted molar refractivity (Wildman–Crippen MR) is 61.7 cm³/mol. The van der Waals surface area contributed by atoms with E-state index in [0.29, 0.717) is 11.8 Å². The van der Waals surface area contributed by atoms with Crippen molar-refractivity contribution >= 4 is 0 Å². The van der Waals surface area contributed by atoms with Gasteiger partial charge in [0, 0.05) is 0 Å². The van der Waals surface area contributed by atoms with E-state index in [9.17, 15) is 0 Å². The zero-order chi connectivity index (χ0) is 10.3. The third-order valence-electron chi connectivity index (χ3n) is 2.45. The smallest absolute Gasteiger partial charge is 0.0171 e. The first-order valence-electron chi connectivity index (χ1n) is 5.09. The van der Waals surface area contributed by atoms with Crippen LogP contribution in [0.5, 0.6) is 0 Å². The lowest BCUT2D eigenvalue weighted by Crippen LogP contribution is -2.05. The predicted octanol–water partition coefficient (Wildman–Crippen LogP) is 4.36. The van der Waals surface area contributed by atoms with Crippen molar-refractivity contribution in [3.05, 3.63) is 36.0 Å². The molecular weight excluding hydrogens is 156 g/mol. The molecule has 1 unspecified atom stereocenters. The molecule has 0 nitrogen and oxygen atoms in total. The topological polar surface area (TPSA) is 0 Å². The molecule has 0 aliphatic rings. The van der Waals surface area contributed by atoms with Gasteiger partial charge in [0.1, 0.15) is 0 Å². The van der Waals surface area contributed by atoms with E-state index >= 15 is 0 Å². The SMILES string of the molecule is C\C=C/C=C\C(=C/C)C(C)C(C)C. The monoisotopic (exact) mass is 178 g/mol. The summed E-state index contributed by atoms with van der Waals surface area (Å²) in [6, 6.07) is 0. The average molecular weight is 178 g/mol. The highest BCUT2D eigenvalue weighted by molar-refractivity contribution is 5.23. The molecule has 1 atom stereocenters. The minimum atomic E-state index is 0.645. The lowest BCUT2D eigenvalue weighted by molar-refractivity contribution is 0.487. The lowest BCUT2D eigenvalue weighted by atomic mass is 9.89. The molecule has 13 heavy (non-hydrogen) atoms. The molecular formula is C13H22. The molecule has 0 bridgehead atoms. The second-order valence-corrected chi connectivity index (χ2v) is 3.71. The Morgan fingerprint density at radius 3 is 2.00 bits per heavy atom. The van der Waals surface area contributed by atoms with Crippen molar-refractivity contribution in [1.82, 2.24) is 0 Å². The van der Waals surface area contributed by atoms with Crippen molar-refractivity contribution in [2.24, 2.45) is 11.8 Å². The minimum absolute atomic E-state index is 0.645. The quantitative estimate of drug-likeness (QED) is 0.561. The van der Waals surface area contributed by atoms with Gasteiger partial charge in [-0.15, -0.1) is 0 Å². The minimum Gasteiger partial charge on any atom is -0.0877 e. The van der Waals surface area contributed by atoms with Gasteiger partial charge in [-0.1, -0.05) is 51.2 Å². The molecule has 0 spiro atoms. The lowest BCUT2D eigenvalue weighted by Gasteiger charge is -2.16. The summed E-state index contributed by atoms with van der Waals surface area (Å²) < 4.78 is 0. The number of hydrogen-bond acceptors (Lipinski definition) is 0. The summed E-state index contributed by atoms with van der Waals surface area (Å²) in [5.41, 5.74) is 1.42. The molecule has 0 saturated heterocycles. The normalized spacial score (nSPS) is 16.3. The van der Waals surface area contributed by atoms with Crippen molar-refractivity contribution < 1.29 is 0 Å². The van der Waals surface area contributed by atoms with Crippen LogP contribution < -0.4 is 0 Å². The second kappa shape index (κ2) is 6.71. The highest BCUT2D eigenvalue weighted by Crippen LogP contribution is 2.20. The molecule has 0 aromatic rings. The van der Waals surface area contributed by atoms with Crippen LogP contribution in [0.2, 0.25) is 0 Å². The van der Waals surface area contributed by atoms with E-state index in [0.717, 1.165) is 0 Å². The Bertz CT molecular complexity index is 204. The van der Waals surface area contributed by atoms with Gasteiger partial charge in [0.25, 0.3) is 0 Å². The van der Waals surface area contributed by atoms with Gasteiger partial charge in [-0.25, -0.2) is 0 Å². The van der Waals surface area contributed by atoms with E-state index in [4.69, 9.17) is 0 Å². The molecule has 0 rings (SSSR count). The van der Waals surface area contributed by atoms with Crippen molar-refractivity contribution in [2.75, 3.05) is 0 Å². The molecule has 0 aliphatic carbocycles. The molecule has 74 valence electrons. The van der Waals surface area contributed by atoms with Crippen LogP contribution in [0, 0.1) is 11.8 Å². The number of hydrogen-bond donors (Lipinski definition) is 0. The molecule has 0 amide bonds. The summed E-state index contributed by atoms with van der Waals surface area (Å²) in [6.07, 6.45) is 10.6. The van der Waals surface area contributed by atoms with Crippen LogP contribution in [0.1, 0.15) is 34.6 Å². The Morgan fingerprint density at radius 1 is 1.00 bits per heavy atom. The van der Waals surface area contributed by atoms with E-state index in [1.165, 1.54) is 5.57 Å². The highest BCUT2D eigenvalue weighted by Gasteiger charge is 2.08. The summed E-state index contributed by atoms with van der Waals surface area (Å²) in [7, 11) is 0.